The van der Waals surface area contributed by atoms with Crippen molar-refractivity contribution in [2.45, 2.75) is 39.2 Å². The zero-order valence-corrected chi connectivity index (χ0v) is 13.3. The molecule has 112 valence electrons. The molecule has 0 amide bonds. The third-order valence-electron chi connectivity index (χ3n) is 4.80. The highest BCUT2D eigenvalue weighted by Crippen LogP contribution is 2.43. The average molecular weight is 283 g/mol. The molecule has 0 radical (unpaired) electrons. The first-order valence-electron chi connectivity index (χ1n) is 7.85. The molecular formula is C18H25N3. The van der Waals surface area contributed by atoms with Gasteiger partial charge in [0, 0.05) is 38.4 Å². The Kier molecular flexibility index (Phi) is 3.85. The van der Waals surface area contributed by atoms with Crippen LogP contribution in [0.2, 0.25) is 0 Å². The lowest BCUT2D eigenvalue weighted by Gasteiger charge is -2.40. The number of imidazole rings is 1. The Morgan fingerprint density at radius 1 is 1.33 bits per heavy atom. The Morgan fingerprint density at radius 3 is 2.90 bits per heavy atom. The summed E-state index contributed by atoms with van der Waals surface area (Å²) in [5.41, 5.74) is 3.29. The average Bonchev–Trinajstić information content (AvgIpc) is 2.87. The number of hydrogen-bond donors (Lipinski definition) is 1. The number of benzene rings is 1. The molecule has 0 spiro atoms. The highest BCUT2D eigenvalue weighted by molar-refractivity contribution is 5.34. The zero-order valence-electron chi connectivity index (χ0n) is 13.3. The van der Waals surface area contributed by atoms with Gasteiger partial charge in [-0.1, -0.05) is 38.1 Å². The largest absolute Gasteiger partial charge is 0.338 e. The van der Waals surface area contributed by atoms with E-state index in [9.17, 15) is 0 Å². The Labute approximate surface area is 127 Å². The molecule has 1 atom stereocenters. The highest BCUT2D eigenvalue weighted by Gasteiger charge is 2.35. The molecule has 3 heteroatoms. The van der Waals surface area contributed by atoms with Crippen LogP contribution < -0.4 is 5.32 Å². The number of nitrogens with zero attached hydrogens (tertiary/aromatic N) is 2. The predicted octanol–water partition coefficient (Wildman–Crippen LogP) is 3.27. The summed E-state index contributed by atoms with van der Waals surface area (Å²) in [4.78, 5) is 4.40. The van der Waals surface area contributed by atoms with Gasteiger partial charge < -0.3 is 9.88 Å². The molecule has 0 aliphatic heterocycles. The maximum atomic E-state index is 4.40. The topological polar surface area (TPSA) is 29.9 Å². The van der Waals surface area contributed by atoms with Crippen molar-refractivity contribution in [1.82, 2.24) is 14.9 Å². The number of hydrogen-bond acceptors (Lipinski definition) is 2. The summed E-state index contributed by atoms with van der Waals surface area (Å²) in [5, 5.41) is 3.78. The molecule has 1 heterocycles. The summed E-state index contributed by atoms with van der Waals surface area (Å²) < 4.78 is 2.10. The van der Waals surface area contributed by atoms with Crippen LogP contribution in [-0.2, 0) is 19.9 Å². The number of nitrogens with one attached hydrogen (secondary N) is 1. The normalized spacial score (nSPS) is 20.2. The first kappa shape index (κ1) is 14.3. The third-order valence-corrected chi connectivity index (χ3v) is 4.80. The third kappa shape index (κ3) is 2.88. The minimum absolute atomic E-state index is 0.302. The SMILES string of the molecule is Cn1ccnc1CCNC1c2ccccc2CCC1(C)C. The molecule has 0 saturated carbocycles. The molecule has 0 bridgehead atoms. The summed E-state index contributed by atoms with van der Waals surface area (Å²) in [6.45, 7) is 5.72. The Bertz CT molecular complexity index is 612. The minimum atomic E-state index is 0.302. The number of aromatic nitrogens is 2. The lowest BCUT2D eigenvalue weighted by molar-refractivity contribution is 0.210. The van der Waals surface area contributed by atoms with E-state index in [1.54, 1.807) is 0 Å². The lowest BCUT2D eigenvalue weighted by Crippen LogP contribution is -2.39. The Morgan fingerprint density at radius 2 is 2.14 bits per heavy atom. The van der Waals surface area contributed by atoms with Gasteiger partial charge >= 0.3 is 0 Å². The smallest absolute Gasteiger partial charge is 0.109 e. The van der Waals surface area contributed by atoms with E-state index in [1.165, 1.54) is 24.0 Å². The first-order chi connectivity index (χ1) is 10.1. The van der Waals surface area contributed by atoms with E-state index in [-0.39, 0.29) is 0 Å². The molecular weight excluding hydrogens is 258 g/mol. The highest BCUT2D eigenvalue weighted by atomic mass is 15.0. The van der Waals surface area contributed by atoms with Crippen LogP contribution in [0, 0.1) is 5.41 Å². The molecule has 3 nitrogen and oxygen atoms in total. The molecule has 1 aromatic heterocycles. The van der Waals surface area contributed by atoms with Crippen molar-refractivity contribution in [3.8, 4) is 0 Å². The van der Waals surface area contributed by atoms with Gasteiger partial charge in [0.25, 0.3) is 0 Å². The van der Waals surface area contributed by atoms with Crippen molar-refractivity contribution < 1.29 is 0 Å². The summed E-state index contributed by atoms with van der Waals surface area (Å²) in [5.74, 6) is 1.14. The van der Waals surface area contributed by atoms with Crippen molar-refractivity contribution in [2.75, 3.05) is 6.54 Å². The van der Waals surface area contributed by atoms with Crippen LogP contribution in [0.5, 0.6) is 0 Å². The van der Waals surface area contributed by atoms with Gasteiger partial charge in [-0.25, -0.2) is 4.98 Å². The maximum absolute atomic E-state index is 4.40. The van der Waals surface area contributed by atoms with E-state index in [4.69, 9.17) is 0 Å². The quantitative estimate of drug-likeness (QED) is 0.933. The van der Waals surface area contributed by atoms with Crippen LogP contribution in [0.15, 0.2) is 36.7 Å². The molecule has 3 rings (SSSR count). The van der Waals surface area contributed by atoms with E-state index in [0.717, 1.165) is 18.8 Å². The fourth-order valence-electron chi connectivity index (χ4n) is 3.42. The minimum Gasteiger partial charge on any atom is -0.338 e. The summed E-state index contributed by atoms with van der Waals surface area (Å²) in [6, 6.07) is 9.31. The van der Waals surface area contributed by atoms with E-state index < -0.39 is 0 Å². The molecule has 0 saturated heterocycles. The van der Waals surface area contributed by atoms with E-state index >= 15 is 0 Å². The number of fused-ring (bicyclic) bond motifs is 1. The van der Waals surface area contributed by atoms with E-state index in [1.807, 2.05) is 12.4 Å². The molecule has 1 unspecified atom stereocenters. The van der Waals surface area contributed by atoms with Crippen LogP contribution in [0.4, 0.5) is 0 Å². The second kappa shape index (κ2) is 5.64. The zero-order chi connectivity index (χ0) is 14.9. The van der Waals surface area contributed by atoms with Crippen molar-refractivity contribution in [3.05, 3.63) is 53.6 Å². The van der Waals surface area contributed by atoms with Crippen molar-refractivity contribution in [3.63, 3.8) is 0 Å². The molecule has 1 aliphatic rings. The molecule has 1 aliphatic carbocycles. The van der Waals surface area contributed by atoms with Gasteiger partial charge in [0.2, 0.25) is 0 Å². The summed E-state index contributed by atoms with van der Waals surface area (Å²) in [6.07, 6.45) is 7.29. The standard InChI is InChI=1S/C18H25N3/c1-18(2)10-8-14-6-4-5-7-15(14)17(18)20-11-9-16-19-12-13-21(16)3/h4-7,12-13,17,20H,8-11H2,1-3H3. The summed E-state index contributed by atoms with van der Waals surface area (Å²) in [7, 11) is 2.06. The van der Waals surface area contributed by atoms with Crippen LogP contribution in [0.25, 0.3) is 0 Å². The van der Waals surface area contributed by atoms with Gasteiger partial charge in [0.15, 0.2) is 0 Å². The maximum Gasteiger partial charge on any atom is 0.109 e. The van der Waals surface area contributed by atoms with Crippen LogP contribution in [0.3, 0.4) is 0 Å². The predicted molar refractivity (Wildman–Crippen MR) is 86.2 cm³/mol. The Balaban J connectivity index is 1.72. The second-order valence-electron chi connectivity index (χ2n) is 6.78. The van der Waals surface area contributed by atoms with E-state index in [0.29, 0.717) is 11.5 Å². The molecule has 1 N–H and O–H groups in total. The molecule has 2 aromatic rings. The van der Waals surface area contributed by atoms with Crippen LogP contribution in [0.1, 0.15) is 43.3 Å². The van der Waals surface area contributed by atoms with Gasteiger partial charge in [-0.05, 0) is 29.4 Å². The van der Waals surface area contributed by atoms with Crippen molar-refractivity contribution in [2.24, 2.45) is 12.5 Å². The van der Waals surface area contributed by atoms with E-state index in [2.05, 4.69) is 60.0 Å². The second-order valence-corrected chi connectivity index (χ2v) is 6.78. The molecule has 0 fully saturated rings. The fraction of sp³-hybridized carbons (Fsp3) is 0.500. The molecule has 21 heavy (non-hydrogen) atoms. The fourth-order valence-corrected chi connectivity index (χ4v) is 3.42. The van der Waals surface area contributed by atoms with Crippen LogP contribution in [-0.4, -0.2) is 16.1 Å². The lowest BCUT2D eigenvalue weighted by atomic mass is 9.70. The molecule has 1 aromatic carbocycles. The van der Waals surface area contributed by atoms with Gasteiger partial charge in [-0.3, -0.25) is 0 Å². The number of aryl methyl sites for hydroxylation is 2. The van der Waals surface area contributed by atoms with Crippen LogP contribution >= 0.6 is 0 Å². The van der Waals surface area contributed by atoms with Gasteiger partial charge in [0.05, 0.1) is 0 Å². The van der Waals surface area contributed by atoms with Crippen molar-refractivity contribution in [1.29, 1.82) is 0 Å². The summed E-state index contributed by atoms with van der Waals surface area (Å²) >= 11 is 0. The van der Waals surface area contributed by atoms with Gasteiger partial charge in [-0.15, -0.1) is 0 Å². The first-order valence-corrected chi connectivity index (χ1v) is 7.85. The monoisotopic (exact) mass is 283 g/mol. The van der Waals surface area contributed by atoms with Crippen molar-refractivity contribution >= 4 is 0 Å². The number of rotatable bonds is 4. The Hall–Kier alpha value is -1.61. The van der Waals surface area contributed by atoms with Gasteiger partial charge in [-0.2, -0.15) is 0 Å². The van der Waals surface area contributed by atoms with Gasteiger partial charge in [0.1, 0.15) is 5.82 Å².